The number of aryl methyl sites for hydroxylation is 1. The zero-order valence-corrected chi connectivity index (χ0v) is 10.2. The van der Waals surface area contributed by atoms with Crippen molar-refractivity contribution in [1.29, 1.82) is 5.26 Å². The number of hydrogen-bond acceptors (Lipinski definition) is 5. The van der Waals surface area contributed by atoms with Crippen molar-refractivity contribution in [3.05, 3.63) is 45.6 Å². The first-order chi connectivity index (χ1) is 9.10. The number of nitriles is 1. The van der Waals surface area contributed by atoms with Crippen LogP contribution in [0.3, 0.4) is 0 Å². The van der Waals surface area contributed by atoms with Crippen LogP contribution in [0.5, 0.6) is 0 Å². The van der Waals surface area contributed by atoms with Gasteiger partial charge in [-0.3, -0.25) is 10.1 Å². The lowest BCUT2D eigenvalue weighted by molar-refractivity contribution is -0.384. The van der Waals surface area contributed by atoms with E-state index < -0.39 is 4.92 Å². The molecule has 0 saturated carbocycles. The van der Waals surface area contributed by atoms with Crippen molar-refractivity contribution < 1.29 is 4.92 Å². The third-order valence-corrected chi connectivity index (χ3v) is 2.75. The van der Waals surface area contributed by atoms with Crippen LogP contribution >= 0.6 is 0 Å². The van der Waals surface area contributed by atoms with Crippen LogP contribution in [0.2, 0.25) is 0 Å². The van der Waals surface area contributed by atoms with Crippen LogP contribution in [0.15, 0.2) is 24.3 Å². The van der Waals surface area contributed by atoms with Crippen LogP contribution in [0.25, 0.3) is 5.69 Å². The average molecular weight is 257 g/mol. The minimum Gasteiger partial charge on any atom is -0.382 e. The van der Waals surface area contributed by atoms with Gasteiger partial charge in [0.2, 0.25) is 0 Å². The van der Waals surface area contributed by atoms with Crippen molar-refractivity contribution in [2.75, 3.05) is 5.73 Å². The molecule has 0 unspecified atom stereocenters. The molecule has 0 radical (unpaired) electrons. The highest BCUT2D eigenvalue weighted by atomic mass is 16.6. The molecule has 0 spiro atoms. The molecule has 1 aromatic carbocycles. The summed E-state index contributed by atoms with van der Waals surface area (Å²) in [6, 6.07) is 8.10. The summed E-state index contributed by atoms with van der Waals surface area (Å²) in [6.45, 7) is 1.84. The number of para-hydroxylation sites is 2. The van der Waals surface area contributed by atoms with Gasteiger partial charge >= 0.3 is 0 Å². The maximum absolute atomic E-state index is 11.0. The second-order valence-corrected chi connectivity index (χ2v) is 3.83. The van der Waals surface area contributed by atoms with Gasteiger partial charge in [-0.1, -0.05) is 19.1 Å². The van der Waals surface area contributed by atoms with Gasteiger partial charge in [-0.15, -0.1) is 0 Å². The van der Waals surface area contributed by atoms with Gasteiger partial charge in [0.1, 0.15) is 23.1 Å². The fourth-order valence-electron chi connectivity index (χ4n) is 1.83. The Kier molecular flexibility index (Phi) is 3.16. The zero-order chi connectivity index (χ0) is 14.0. The summed E-state index contributed by atoms with van der Waals surface area (Å²) in [6.07, 6.45) is 0.528. The first kappa shape index (κ1) is 12.6. The van der Waals surface area contributed by atoms with Crippen LogP contribution < -0.4 is 5.73 Å². The summed E-state index contributed by atoms with van der Waals surface area (Å²) in [5, 5.41) is 24.2. The Morgan fingerprint density at radius 3 is 2.74 bits per heavy atom. The van der Waals surface area contributed by atoms with Gasteiger partial charge < -0.3 is 5.73 Å². The molecule has 0 bridgehead atoms. The van der Waals surface area contributed by atoms with Gasteiger partial charge in [-0.05, 0) is 12.5 Å². The minimum atomic E-state index is -0.506. The van der Waals surface area contributed by atoms with Crippen LogP contribution in [-0.4, -0.2) is 14.7 Å². The number of nitrogen functional groups attached to an aromatic ring is 1. The standard InChI is InChI=1S/C12H11N5O2/c1-2-9-8(7-13)12(14)16(15-9)10-5-3-4-6-11(10)17(18)19/h3-6H,2,14H2,1H3. The predicted molar refractivity (Wildman–Crippen MR) is 68.7 cm³/mol. The molecule has 0 amide bonds. The lowest BCUT2D eigenvalue weighted by atomic mass is 10.2. The van der Waals surface area contributed by atoms with Crippen LogP contribution in [0, 0.1) is 21.4 Å². The van der Waals surface area contributed by atoms with Crippen molar-refractivity contribution >= 4 is 11.5 Å². The molecule has 0 saturated heterocycles. The van der Waals surface area contributed by atoms with Crippen LogP contribution in [0.1, 0.15) is 18.2 Å². The van der Waals surface area contributed by atoms with Gasteiger partial charge in [0, 0.05) is 6.07 Å². The number of nitrogens with two attached hydrogens (primary N) is 1. The second kappa shape index (κ2) is 4.78. The molecule has 0 fully saturated rings. The van der Waals surface area contributed by atoms with E-state index in [9.17, 15) is 10.1 Å². The summed E-state index contributed by atoms with van der Waals surface area (Å²) >= 11 is 0. The molecular weight excluding hydrogens is 246 g/mol. The largest absolute Gasteiger partial charge is 0.382 e. The van der Waals surface area contributed by atoms with Gasteiger partial charge in [-0.25, -0.2) is 4.68 Å². The van der Waals surface area contributed by atoms with Crippen molar-refractivity contribution in [3.63, 3.8) is 0 Å². The Morgan fingerprint density at radius 2 is 2.21 bits per heavy atom. The predicted octanol–water partition coefficient (Wildman–Crippen LogP) is 1.80. The number of rotatable bonds is 3. The van der Waals surface area contributed by atoms with Crippen LogP contribution in [0.4, 0.5) is 11.5 Å². The van der Waals surface area contributed by atoms with Gasteiger partial charge in [0.05, 0.1) is 10.6 Å². The van der Waals surface area contributed by atoms with E-state index in [4.69, 9.17) is 11.0 Å². The molecule has 96 valence electrons. The average Bonchev–Trinajstić information content (AvgIpc) is 2.74. The summed E-state index contributed by atoms with van der Waals surface area (Å²) in [7, 11) is 0. The maximum Gasteiger partial charge on any atom is 0.294 e. The van der Waals surface area contributed by atoms with Crippen molar-refractivity contribution in [1.82, 2.24) is 9.78 Å². The molecule has 0 atom stereocenters. The summed E-state index contributed by atoms with van der Waals surface area (Å²) in [5.74, 6) is 0.119. The van der Waals surface area contributed by atoms with Crippen molar-refractivity contribution in [2.45, 2.75) is 13.3 Å². The van der Waals surface area contributed by atoms with E-state index in [0.717, 1.165) is 0 Å². The molecule has 2 aromatic rings. The molecule has 0 aliphatic carbocycles. The van der Waals surface area contributed by atoms with E-state index in [1.807, 2.05) is 13.0 Å². The molecule has 2 N–H and O–H groups in total. The molecule has 0 aliphatic heterocycles. The summed E-state index contributed by atoms with van der Waals surface area (Å²) in [4.78, 5) is 10.5. The Labute approximate surface area is 109 Å². The van der Waals surface area contributed by atoms with Gasteiger partial charge in [0.15, 0.2) is 0 Å². The third kappa shape index (κ3) is 1.99. The summed E-state index contributed by atoms with van der Waals surface area (Å²) < 4.78 is 1.25. The summed E-state index contributed by atoms with van der Waals surface area (Å²) in [5.41, 5.74) is 6.78. The first-order valence-electron chi connectivity index (χ1n) is 5.61. The second-order valence-electron chi connectivity index (χ2n) is 3.83. The maximum atomic E-state index is 11.0. The van der Waals surface area contributed by atoms with E-state index in [1.54, 1.807) is 18.2 Å². The topological polar surface area (TPSA) is 111 Å². The van der Waals surface area contributed by atoms with E-state index in [1.165, 1.54) is 10.7 Å². The zero-order valence-electron chi connectivity index (χ0n) is 10.2. The molecule has 0 aliphatic rings. The lowest BCUT2D eigenvalue weighted by Gasteiger charge is -2.04. The molecule has 2 rings (SSSR count). The smallest absolute Gasteiger partial charge is 0.294 e. The van der Waals surface area contributed by atoms with Crippen molar-refractivity contribution in [2.24, 2.45) is 0 Å². The number of aromatic nitrogens is 2. The van der Waals surface area contributed by atoms with E-state index >= 15 is 0 Å². The number of nitrogens with zero attached hydrogens (tertiary/aromatic N) is 4. The van der Waals surface area contributed by atoms with Gasteiger partial charge in [-0.2, -0.15) is 10.4 Å². The highest BCUT2D eigenvalue weighted by Crippen LogP contribution is 2.27. The quantitative estimate of drug-likeness (QED) is 0.665. The van der Waals surface area contributed by atoms with Crippen molar-refractivity contribution in [3.8, 4) is 11.8 Å². The third-order valence-electron chi connectivity index (χ3n) is 2.75. The Balaban J connectivity index is 2.70. The highest BCUT2D eigenvalue weighted by Gasteiger charge is 2.21. The fraction of sp³-hybridized carbons (Fsp3) is 0.167. The van der Waals surface area contributed by atoms with E-state index in [2.05, 4.69) is 5.10 Å². The van der Waals surface area contributed by atoms with Gasteiger partial charge in [0.25, 0.3) is 5.69 Å². The number of nitro benzene ring substituents is 1. The van der Waals surface area contributed by atoms with Crippen LogP contribution in [-0.2, 0) is 6.42 Å². The Bertz CT molecular complexity index is 684. The Morgan fingerprint density at radius 1 is 1.53 bits per heavy atom. The van der Waals surface area contributed by atoms with E-state index in [0.29, 0.717) is 12.1 Å². The SMILES string of the molecule is CCc1nn(-c2ccccc2[N+](=O)[O-])c(N)c1C#N. The molecule has 7 heteroatoms. The van der Waals surface area contributed by atoms with E-state index in [-0.39, 0.29) is 22.8 Å². The highest BCUT2D eigenvalue weighted by molar-refractivity contribution is 5.61. The monoisotopic (exact) mass is 257 g/mol. The molecule has 1 heterocycles. The molecule has 19 heavy (non-hydrogen) atoms. The Hall–Kier alpha value is -2.88. The number of anilines is 1. The fourth-order valence-corrected chi connectivity index (χ4v) is 1.83. The number of benzene rings is 1. The molecular formula is C12H11N5O2. The molecule has 1 aromatic heterocycles. The minimum absolute atomic E-state index is 0.108. The number of nitro groups is 1. The first-order valence-corrected chi connectivity index (χ1v) is 5.61. The molecule has 7 nitrogen and oxygen atoms in total. The normalized spacial score (nSPS) is 10.1. The lowest BCUT2D eigenvalue weighted by Crippen LogP contribution is -2.05. The number of hydrogen-bond donors (Lipinski definition) is 1.